The van der Waals surface area contributed by atoms with Crippen LogP contribution in [0.2, 0.25) is 0 Å². The molecule has 19 atom stereocenters. The number of oxime groups is 1. The Hall–Kier alpha value is -10.9. The highest BCUT2D eigenvalue weighted by molar-refractivity contribution is 7.99. The number of benzene rings is 2. The summed E-state index contributed by atoms with van der Waals surface area (Å²) in [6.07, 6.45) is 0.178. The second kappa shape index (κ2) is 42.1. The zero-order chi connectivity index (χ0) is 102. The third kappa shape index (κ3) is 24.0. The van der Waals surface area contributed by atoms with Crippen molar-refractivity contribution in [2.45, 2.75) is 271 Å². The molecule has 8 N–H and O–H groups in total. The van der Waals surface area contributed by atoms with Crippen molar-refractivity contribution in [3.05, 3.63) is 148 Å². The van der Waals surface area contributed by atoms with Gasteiger partial charge in [-0.15, -0.1) is 0 Å². The minimum absolute atomic E-state index is 0.00575. The number of rotatable bonds is 22. The Morgan fingerprint density at radius 3 is 0.942 bits per heavy atom. The number of quaternary nitrogens is 1. The first-order valence-electron chi connectivity index (χ1n) is 47.3. The van der Waals surface area contributed by atoms with Crippen molar-refractivity contribution in [2.75, 3.05) is 64.4 Å². The van der Waals surface area contributed by atoms with Crippen LogP contribution in [0.1, 0.15) is 227 Å². The highest BCUT2D eigenvalue weighted by Gasteiger charge is 2.54. The molecule has 42 heteroatoms. The van der Waals surface area contributed by atoms with E-state index in [0.29, 0.717) is 119 Å². The highest BCUT2D eigenvalue weighted by atomic mass is 32.2. The van der Waals surface area contributed by atoms with Crippen molar-refractivity contribution < 1.29 is 98.6 Å². The molecule has 38 nitrogen and oxygen atoms in total. The number of aliphatic hydroxyl groups is 5. The first kappa shape index (κ1) is 105. The van der Waals surface area contributed by atoms with Crippen molar-refractivity contribution in [3.63, 3.8) is 0 Å². The van der Waals surface area contributed by atoms with Gasteiger partial charge < -0.3 is 77.5 Å². The highest BCUT2D eigenvalue weighted by Crippen LogP contribution is 2.44. The Kier molecular flexibility index (Phi) is 32.0. The number of likely N-dealkylation sites (tertiary alicyclic amines) is 5. The topological polar surface area (TPSA) is 491 Å². The summed E-state index contributed by atoms with van der Waals surface area (Å²) in [6.45, 7) is 36.2. The van der Waals surface area contributed by atoms with E-state index in [-0.39, 0.29) is 126 Å². The molecule has 0 spiro atoms. The van der Waals surface area contributed by atoms with Crippen LogP contribution in [0.15, 0.2) is 127 Å². The number of aliphatic hydroxyl groups excluding tert-OH is 5. The fourth-order valence-corrected chi connectivity index (χ4v) is 22.6. The van der Waals surface area contributed by atoms with E-state index in [9.17, 15) is 66.5 Å². The van der Waals surface area contributed by atoms with Crippen LogP contribution in [0.25, 0.3) is 11.1 Å². The smallest absolute Gasteiger partial charge is 0.234 e. The van der Waals surface area contributed by atoms with E-state index >= 15 is 0 Å². The molecule has 5 saturated heterocycles. The molecule has 10 aliphatic rings. The van der Waals surface area contributed by atoms with Gasteiger partial charge in [0.25, 0.3) is 0 Å². The molecule has 0 saturated carbocycles. The molecule has 7 aromatic rings. The second-order valence-corrected chi connectivity index (χ2v) is 47.6. The number of carbonyl (C=O) groups excluding carboxylic acids is 5. The molecule has 17 rings (SSSR count). The van der Waals surface area contributed by atoms with Crippen LogP contribution in [0, 0.1) is 70.0 Å². The maximum atomic E-state index is 14.2. The number of hydrogen-bond acceptors (Lipinski definition) is 29. The number of amidine groups is 3. The van der Waals surface area contributed by atoms with Gasteiger partial charge >= 0.3 is 0 Å². The molecule has 5 fully saturated rings. The van der Waals surface area contributed by atoms with Crippen LogP contribution in [0.3, 0.4) is 0 Å². The lowest BCUT2D eigenvalue weighted by Gasteiger charge is -2.33. The average molecular weight is 1990 g/mol. The zero-order valence-corrected chi connectivity index (χ0v) is 85.4. The quantitative estimate of drug-likeness (QED) is 0.0233. The fraction of sp³-hybridized carbons (Fsp3) is 0.588. The second-order valence-electron chi connectivity index (χ2n) is 41.3. The molecular formula is C97H137FN19O19S3+. The Morgan fingerprint density at radius 1 is 0.424 bits per heavy atom. The number of nitrogens with one attached hydrogen (secondary N) is 3. The molecule has 0 aliphatic carbocycles. The molecule has 2 aromatic carbocycles. The van der Waals surface area contributed by atoms with E-state index in [1.165, 1.54) is 6.07 Å². The number of aryl methyl sites for hydroxylation is 5. The number of amides is 5. The van der Waals surface area contributed by atoms with Crippen LogP contribution in [-0.4, -0.2) is 300 Å². The average Bonchev–Trinajstić information content (AvgIpc) is 1.60. The zero-order valence-electron chi connectivity index (χ0n) is 83.0. The van der Waals surface area contributed by atoms with Crippen molar-refractivity contribution in [2.24, 2.45) is 54.8 Å². The molecule has 15 heterocycles. The van der Waals surface area contributed by atoms with Crippen LogP contribution in [0.5, 0.6) is 0 Å². The molecule has 758 valence electrons. The van der Waals surface area contributed by atoms with E-state index in [1.54, 1.807) is 76.8 Å². The molecule has 0 bridgehead atoms. The lowest BCUT2D eigenvalue weighted by Crippen LogP contribution is -2.48. The molecule has 8 unspecified atom stereocenters. The Morgan fingerprint density at radius 2 is 0.698 bits per heavy atom. The van der Waals surface area contributed by atoms with Gasteiger partial charge in [-0.25, -0.2) is 17.0 Å². The van der Waals surface area contributed by atoms with Gasteiger partial charge in [0.2, 0.25) is 29.5 Å². The largest absolute Gasteiger partial charge is 0.391 e. The summed E-state index contributed by atoms with van der Waals surface area (Å²) in [5, 5.41) is 80.1. The Bertz CT molecular complexity index is 5830. The molecule has 5 amide bonds. The van der Waals surface area contributed by atoms with Gasteiger partial charge in [0.05, 0.1) is 145 Å². The maximum absolute atomic E-state index is 14.2. The summed E-state index contributed by atoms with van der Waals surface area (Å²) >= 11 is 0. The Balaban J connectivity index is 0.000000148. The van der Waals surface area contributed by atoms with Gasteiger partial charge in [0.15, 0.2) is 5.60 Å². The standard InChI is InChI=1S/C29H32FN3O4.C20H33N4O3.3C16H24N4O4S/c1-17(2)27(26-13-18(3)31-36-26)28(35)33-16-21(34)14-25(33)24-15-29(4,37-32-24)20-11-9-19(10-12-20)22-7-5-6-8-23(22)30;1-12(2)18(17-8-13(3)22-27-17)19(26)23-11-14(25)9-16(23)15-10-20(4,5)24(6,7)21-15;3*1-9(2)14(13-5-10(3)18-24-13)16(22)20-7-11(21)6-12(20)15-17-8-25(4,23)19-15/h5-13,17,21,25,27,34H,14-16H2,1-4H3;8,12,14,16,18,25H,9-11H2,1-7H3;3*5,9,11-12,14,21H,4,6-8H2,1-3H3,(H,17,19,23)/q;+1;;;/t;14-,16-,18+;11-,12+,14?,25?;11-,12+,14+,25?;11-,12+,14-,25?/m.1111/s1. The SMILES string of the molecule is C=S1(=O)CN=C([C@@H]2C[C@@H](O)CN2C(=O)C(c2cc(C)no2)C(C)C)N1.C=S1(=O)CN=C([C@@H]2C[C@@H](O)CN2C(=O)[C@@H](c2cc(C)no2)C(C)C)N1.C=S1(=O)CN=C([C@@H]2C[C@@H](O)CN2C(=O)[C@H](c2cc(C)no2)C(C)C)N1.Cc1cc(C(C(=O)N2CC(O)CC2C2=NOC(C)(c3ccc(-c4ccccc4F)cc3)C2)C(C)C)on1.Cc1cc([C@@H](C(=O)N2C[C@H](O)C[C@@H]2C2=N[N+](C)(C)C(C)(C)C2)C(C)C)on1. The third-order valence-corrected chi connectivity index (χ3v) is 30.6. The predicted molar refractivity (Wildman–Crippen MR) is 527 cm³/mol. The van der Waals surface area contributed by atoms with Crippen molar-refractivity contribution in [1.29, 1.82) is 0 Å². The van der Waals surface area contributed by atoms with Crippen LogP contribution < -0.4 is 14.2 Å². The molecule has 139 heavy (non-hydrogen) atoms. The van der Waals surface area contributed by atoms with E-state index in [4.69, 9.17) is 32.6 Å². The number of aromatic nitrogens is 5. The van der Waals surface area contributed by atoms with E-state index in [1.807, 2.05) is 131 Å². The normalized spacial score (nSPS) is 28.3. The van der Waals surface area contributed by atoms with Crippen LogP contribution in [-0.2, 0) is 63.5 Å². The molecule has 0 radical (unpaired) electrons. The summed E-state index contributed by atoms with van der Waals surface area (Å²) < 4.78 is 86.2. The molecule has 10 aliphatic heterocycles. The summed E-state index contributed by atoms with van der Waals surface area (Å²) in [4.78, 5) is 93.9. The summed E-state index contributed by atoms with van der Waals surface area (Å²) in [5.74, 6) is 11.9. The monoisotopic (exact) mass is 1990 g/mol. The number of halogens is 1. The predicted octanol–water partition coefficient (Wildman–Crippen LogP) is 8.31. The van der Waals surface area contributed by atoms with Gasteiger partial charge in [-0.3, -0.25) is 53.1 Å². The van der Waals surface area contributed by atoms with Crippen LogP contribution >= 0.6 is 0 Å². The van der Waals surface area contributed by atoms with E-state index in [2.05, 4.69) is 106 Å². The lowest BCUT2D eigenvalue weighted by molar-refractivity contribution is -0.937. The number of β-amino-alcohol motifs (C(OH)–C–C–N with tert-alkyl or cyclic N) is 5. The van der Waals surface area contributed by atoms with Crippen molar-refractivity contribution in [1.82, 2.24) is 64.4 Å². The summed E-state index contributed by atoms with van der Waals surface area (Å²) in [7, 11) is -3.30. The number of hydrogen-bond donors (Lipinski definition) is 8. The maximum Gasteiger partial charge on any atom is 0.234 e. The van der Waals surface area contributed by atoms with Gasteiger partial charge in [-0.2, -0.15) is 4.59 Å². The molecule has 5 aromatic heterocycles. The van der Waals surface area contributed by atoms with Crippen molar-refractivity contribution >= 4 is 105 Å². The number of nitrogens with zero attached hydrogens (tertiary/aromatic N) is 16. The van der Waals surface area contributed by atoms with Gasteiger partial charge in [-0.05, 0) is 120 Å². The van der Waals surface area contributed by atoms with E-state index in [0.717, 1.165) is 40.4 Å². The van der Waals surface area contributed by atoms with Crippen LogP contribution in [0.4, 0.5) is 4.39 Å². The van der Waals surface area contributed by atoms with Gasteiger partial charge in [0, 0.05) is 107 Å². The number of aliphatic imine (C=N–C) groups is 3. The van der Waals surface area contributed by atoms with Crippen molar-refractivity contribution in [3.8, 4) is 11.1 Å². The minimum Gasteiger partial charge on any atom is -0.391 e. The first-order chi connectivity index (χ1) is 65.1. The van der Waals surface area contributed by atoms with E-state index < -0.39 is 113 Å². The van der Waals surface area contributed by atoms with Gasteiger partial charge in [-0.1, -0.05) is 148 Å². The number of carbonyl (C=O) groups is 5. The first-order valence-corrected chi connectivity index (χ1v) is 52.9. The minimum atomic E-state index is -2.49. The fourth-order valence-electron chi connectivity index (χ4n) is 19.6. The Labute approximate surface area is 812 Å². The van der Waals surface area contributed by atoms with Gasteiger partial charge in [0.1, 0.15) is 111 Å². The third-order valence-electron chi connectivity index (χ3n) is 27.2. The lowest BCUT2D eigenvalue weighted by atomic mass is 9.87. The molecular weight excluding hydrogens is 1850 g/mol. The summed E-state index contributed by atoms with van der Waals surface area (Å²) in [5.41, 5.74) is 6.82. The summed E-state index contributed by atoms with van der Waals surface area (Å²) in [6, 6.07) is 21.4.